The molecule has 1 amide bonds. The molecule has 0 radical (unpaired) electrons. The van der Waals surface area contributed by atoms with E-state index in [1.165, 1.54) is 10.9 Å². The Labute approximate surface area is 137 Å². The van der Waals surface area contributed by atoms with E-state index in [9.17, 15) is 9.59 Å². The predicted octanol–water partition coefficient (Wildman–Crippen LogP) is 1.83. The van der Waals surface area contributed by atoms with E-state index in [0.29, 0.717) is 29.1 Å². The first-order valence-corrected chi connectivity index (χ1v) is 7.51. The van der Waals surface area contributed by atoms with E-state index in [1.54, 1.807) is 36.5 Å². The van der Waals surface area contributed by atoms with Crippen LogP contribution in [-0.2, 0) is 11.3 Å². The Hall–Kier alpha value is -3.22. The van der Waals surface area contributed by atoms with Gasteiger partial charge in [0.15, 0.2) is 5.65 Å². The zero-order valence-electron chi connectivity index (χ0n) is 13.1. The highest BCUT2D eigenvalue weighted by atomic mass is 16.5. The van der Waals surface area contributed by atoms with Gasteiger partial charge in [0, 0.05) is 6.20 Å². The zero-order chi connectivity index (χ0) is 16.9. The first-order chi connectivity index (χ1) is 11.7. The molecule has 1 aromatic carbocycles. The van der Waals surface area contributed by atoms with Crippen LogP contribution in [0.4, 0.5) is 5.69 Å². The van der Waals surface area contributed by atoms with E-state index in [4.69, 9.17) is 4.74 Å². The summed E-state index contributed by atoms with van der Waals surface area (Å²) in [5, 5.41) is 3.13. The summed E-state index contributed by atoms with van der Waals surface area (Å²) in [5.74, 6) is 0.246. The number of hydrogen-bond acceptors (Lipinski definition) is 5. The average Bonchev–Trinajstić information content (AvgIpc) is 2.60. The highest BCUT2D eigenvalue weighted by Crippen LogP contribution is 2.23. The van der Waals surface area contributed by atoms with E-state index < -0.39 is 0 Å². The van der Waals surface area contributed by atoms with Crippen molar-refractivity contribution >= 4 is 22.6 Å². The maximum absolute atomic E-state index is 12.4. The third kappa shape index (κ3) is 3.24. The lowest BCUT2D eigenvalue weighted by Gasteiger charge is -2.12. The SMILES string of the molecule is CCOc1ccccc1NC(=O)Cn1cnc2ncccc2c1=O. The third-order valence-corrected chi connectivity index (χ3v) is 3.37. The number of fused-ring (bicyclic) bond motifs is 1. The van der Waals surface area contributed by atoms with Crippen LogP contribution in [0.25, 0.3) is 11.0 Å². The number of rotatable bonds is 5. The van der Waals surface area contributed by atoms with Crippen molar-refractivity contribution in [2.75, 3.05) is 11.9 Å². The molecule has 7 nitrogen and oxygen atoms in total. The predicted molar refractivity (Wildman–Crippen MR) is 90.0 cm³/mol. The van der Waals surface area contributed by atoms with Crippen LogP contribution in [0.5, 0.6) is 5.75 Å². The number of carbonyl (C=O) groups excluding carboxylic acids is 1. The van der Waals surface area contributed by atoms with E-state index >= 15 is 0 Å². The van der Waals surface area contributed by atoms with Gasteiger partial charge in [-0.3, -0.25) is 14.2 Å². The largest absolute Gasteiger partial charge is 0.492 e. The minimum Gasteiger partial charge on any atom is -0.492 e. The van der Waals surface area contributed by atoms with Crippen LogP contribution in [0.15, 0.2) is 53.7 Å². The molecule has 3 rings (SSSR count). The molecule has 0 spiro atoms. The monoisotopic (exact) mass is 324 g/mol. The van der Waals surface area contributed by atoms with Crippen molar-refractivity contribution in [3.63, 3.8) is 0 Å². The molecule has 0 aliphatic rings. The highest BCUT2D eigenvalue weighted by molar-refractivity contribution is 5.92. The minimum atomic E-state index is -0.339. The third-order valence-electron chi connectivity index (χ3n) is 3.37. The zero-order valence-corrected chi connectivity index (χ0v) is 13.1. The van der Waals surface area contributed by atoms with Gasteiger partial charge in [-0.25, -0.2) is 9.97 Å². The number of nitrogens with one attached hydrogen (secondary N) is 1. The smallest absolute Gasteiger partial charge is 0.263 e. The molecule has 0 saturated heterocycles. The Morgan fingerprint density at radius 2 is 2.04 bits per heavy atom. The lowest BCUT2D eigenvalue weighted by molar-refractivity contribution is -0.116. The Kier molecular flexibility index (Phi) is 4.51. The van der Waals surface area contributed by atoms with Crippen molar-refractivity contribution in [3.05, 3.63) is 59.3 Å². The first kappa shape index (κ1) is 15.7. The normalized spacial score (nSPS) is 10.5. The summed E-state index contributed by atoms with van der Waals surface area (Å²) in [6, 6.07) is 10.4. The number of nitrogens with zero attached hydrogens (tertiary/aromatic N) is 3. The second kappa shape index (κ2) is 6.91. The summed E-state index contributed by atoms with van der Waals surface area (Å²) in [4.78, 5) is 32.7. The summed E-state index contributed by atoms with van der Waals surface area (Å²) in [5.41, 5.74) is 0.620. The van der Waals surface area contributed by atoms with Crippen molar-refractivity contribution < 1.29 is 9.53 Å². The van der Waals surface area contributed by atoms with E-state index in [2.05, 4.69) is 15.3 Å². The number of para-hydroxylation sites is 2. The molecule has 24 heavy (non-hydrogen) atoms. The molecule has 2 heterocycles. The van der Waals surface area contributed by atoms with Crippen LogP contribution in [0.3, 0.4) is 0 Å². The van der Waals surface area contributed by atoms with Crippen LogP contribution in [0, 0.1) is 0 Å². The van der Waals surface area contributed by atoms with Crippen molar-refractivity contribution in [1.82, 2.24) is 14.5 Å². The summed E-state index contributed by atoms with van der Waals surface area (Å²) in [6.45, 7) is 2.22. The summed E-state index contributed by atoms with van der Waals surface area (Å²) >= 11 is 0. The van der Waals surface area contributed by atoms with Gasteiger partial charge < -0.3 is 10.1 Å². The van der Waals surface area contributed by atoms with Crippen LogP contribution in [0.1, 0.15) is 6.92 Å². The van der Waals surface area contributed by atoms with Crippen LogP contribution < -0.4 is 15.6 Å². The molecule has 0 aliphatic heterocycles. The summed E-state index contributed by atoms with van der Waals surface area (Å²) < 4.78 is 6.72. The Morgan fingerprint density at radius 3 is 2.88 bits per heavy atom. The molecule has 0 saturated carbocycles. The molecule has 7 heteroatoms. The molecule has 0 aliphatic carbocycles. The van der Waals surface area contributed by atoms with Crippen LogP contribution in [0.2, 0.25) is 0 Å². The van der Waals surface area contributed by atoms with Crippen molar-refractivity contribution in [3.8, 4) is 5.75 Å². The van der Waals surface area contributed by atoms with Crippen molar-refractivity contribution in [2.45, 2.75) is 13.5 Å². The molecule has 1 N–H and O–H groups in total. The molecule has 3 aromatic rings. The number of benzene rings is 1. The summed E-state index contributed by atoms with van der Waals surface area (Å²) in [6.07, 6.45) is 2.89. The fourth-order valence-electron chi connectivity index (χ4n) is 2.31. The van der Waals surface area contributed by atoms with Crippen molar-refractivity contribution in [2.24, 2.45) is 0 Å². The fraction of sp³-hybridized carbons (Fsp3) is 0.176. The Bertz CT molecular complexity index is 936. The molecular formula is C17H16N4O3. The number of ether oxygens (including phenoxy) is 1. The van der Waals surface area contributed by atoms with Gasteiger partial charge in [0.1, 0.15) is 18.6 Å². The van der Waals surface area contributed by atoms with Gasteiger partial charge in [0.2, 0.25) is 5.91 Å². The molecular weight excluding hydrogens is 308 g/mol. The number of pyridine rings is 1. The second-order valence-electron chi connectivity index (χ2n) is 5.03. The summed E-state index contributed by atoms with van der Waals surface area (Å²) in [7, 11) is 0. The van der Waals surface area contributed by atoms with Gasteiger partial charge >= 0.3 is 0 Å². The topological polar surface area (TPSA) is 86.1 Å². The standard InChI is InChI=1S/C17H16N4O3/c1-2-24-14-8-4-3-7-13(14)20-15(22)10-21-11-19-16-12(17(21)23)6-5-9-18-16/h3-9,11H,2,10H2,1H3,(H,20,22). The quantitative estimate of drug-likeness (QED) is 0.774. The van der Waals surface area contributed by atoms with Crippen LogP contribution in [-0.4, -0.2) is 27.0 Å². The molecule has 122 valence electrons. The minimum absolute atomic E-state index is 0.142. The van der Waals surface area contributed by atoms with Gasteiger partial charge in [0.05, 0.1) is 17.7 Å². The number of carbonyl (C=O) groups is 1. The van der Waals surface area contributed by atoms with Gasteiger partial charge in [-0.1, -0.05) is 12.1 Å². The van der Waals surface area contributed by atoms with E-state index in [0.717, 1.165) is 0 Å². The van der Waals surface area contributed by atoms with Gasteiger partial charge in [-0.05, 0) is 31.2 Å². The number of hydrogen-bond donors (Lipinski definition) is 1. The number of anilines is 1. The fourth-order valence-corrected chi connectivity index (χ4v) is 2.31. The molecule has 0 atom stereocenters. The maximum atomic E-state index is 12.4. The maximum Gasteiger partial charge on any atom is 0.263 e. The van der Waals surface area contributed by atoms with Gasteiger partial charge in [-0.2, -0.15) is 0 Å². The molecule has 0 unspecified atom stereocenters. The number of amides is 1. The highest BCUT2D eigenvalue weighted by Gasteiger charge is 2.11. The first-order valence-electron chi connectivity index (χ1n) is 7.51. The second-order valence-corrected chi connectivity index (χ2v) is 5.03. The average molecular weight is 324 g/mol. The van der Waals surface area contributed by atoms with Gasteiger partial charge in [0.25, 0.3) is 5.56 Å². The molecule has 2 aromatic heterocycles. The lowest BCUT2D eigenvalue weighted by Crippen LogP contribution is -2.28. The lowest BCUT2D eigenvalue weighted by atomic mass is 10.3. The Balaban J connectivity index is 1.81. The Morgan fingerprint density at radius 1 is 1.21 bits per heavy atom. The molecule has 0 fully saturated rings. The van der Waals surface area contributed by atoms with Crippen molar-refractivity contribution in [1.29, 1.82) is 0 Å². The molecule has 0 bridgehead atoms. The van der Waals surface area contributed by atoms with E-state index in [-0.39, 0.29) is 18.0 Å². The van der Waals surface area contributed by atoms with Crippen LogP contribution >= 0.6 is 0 Å². The number of aromatic nitrogens is 3. The van der Waals surface area contributed by atoms with Gasteiger partial charge in [-0.15, -0.1) is 0 Å². The van der Waals surface area contributed by atoms with E-state index in [1.807, 2.05) is 13.0 Å².